The largest absolute Gasteiger partial charge is 0.298 e. The summed E-state index contributed by atoms with van der Waals surface area (Å²) >= 11 is 1.58. The van der Waals surface area contributed by atoms with Crippen molar-refractivity contribution >= 4 is 17.6 Å². The van der Waals surface area contributed by atoms with Gasteiger partial charge in [0.05, 0.1) is 16.1 Å². The molecule has 2 heterocycles. The fraction of sp³-hybridized carbons (Fsp3) is 0.0667. The normalized spacial score (nSPS) is 10.6. The maximum Gasteiger partial charge on any atom is 0.153 e. The van der Waals surface area contributed by atoms with Crippen LogP contribution >= 0.6 is 11.3 Å². The Morgan fingerprint density at radius 2 is 2.00 bits per heavy atom. The number of aryl methyl sites for hydroxylation is 1. The summed E-state index contributed by atoms with van der Waals surface area (Å²) in [6, 6.07) is 12.0. The van der Waals surface area contributed by atoms with Gasteiger partial charge in [0.2, 0.25) is 0 Å². The average molecular weight is 268 g/mol. The lowest BCUT2D eigenvalue weighted by atomic mass is 10.2. The number of nitrogens with zero attached hydrogens (tertiary/aromatic N) is 2. The van der Waals surface area contributed by atoms with E-state index in [1.165, 1.54) is 5.56 Å². The van der Waals surface area contributed by atoms with Gasteiger partial charge >= 0.3 is 0 Å². The van der Waals surface area contributed by atoms with Crippen molar-refractivity contribution in [3.63, 3.8) is 0 Å². The molecule has 0 amide bonds. The first-order chi connectivity index (χ1) is 9.28. The molecule has 0 unspecified atom stereocenters. The maximum atomic E-state index is 11.2. The number of aromatic nitrogens is 2. The topological polar surface area (TPSA) is 34.9 Å². The van der Waals surface area contributed by atoms with Crippen molar-refractivity contribution in [2.45, 2.75) is 6.92 Å². The van der Waals surface area contributed by atoms with Gasteiger partial charge in [0.1, 0.15) is 5.69 Å². The van der Waals surface area contributed by atoms with E-state index in [0.29, 0.717) is 5.56 Å². The number of carbonyl (C=O) groups is 1. The highest BCUT2D eigenvalue weighted by molar-refractivity contribution is 7.13. The number of rotatable bonds is 3. The van der Waals surface area contributed by atoms with Gasteiger partial charge in [-0.1, -0.05) is 23.8 Å². The Morgan fingerprint density at radius 3 is 2.63 bits per heavy atom. The summed E-state index contributed by atoms with van der Waals surface area (Å²) in [6.45, 7) is 2.04. The molecule has 0 saturated heterocycles. The van der Waals surface area contributed by atoms with Gasteiger partial charge in [0.15, 0.2) is 6.29 Å². The van der Waals surface area contributed by atoms with E-state index >= 15 is 0 Å². The van der Waals surface area contributed by atoms with Crippen molar-refractivity contribution in [1.82, 2.24) is 9.78 Å². The Kier molecular flexibility index (Phi) is 3.01. The van der Waals surface area contributed by atoms with Crippen LogP contribution in [0.5, 0.6) is 0 Å². The van der Waals surface area contributed by atoms with E-state index in [0.717, 1.165) is 22.5 Å². The highest BCUT2D eigenvalue weighted by Crippen LogP contribution is 2.26. The molecule has 0 bridgehead atoms. The predicted molar refractivity (Wildman–Crippen MR) is 77.0 cm³/mol. The second-order valence-corrected chi connectivity index (χ2v) is 5.26. The molecule has 0 aliphatic rings. The van der Waals surface area contributed by atoms with Crippen LogP contribution < -0.4 is 0 Å². The SMILES string of the molecule is Cc1ccc(-n2cc(C=O)c(-c3cccs3)n2)cc1. The molecule has 94 valence electrons. The molecule has 0 N–H and O–H groups in total. The van der Waals surface area contributed by atoms with Gasteiger partial charge in [-0.05, 0) is 30.5 Å². The zero-order chi connectivity index (χ0) is 13.2. The standard InChI is InChI=1S/C15H12N2OS/c1-11-4-6-13(7-5-11)17-9-12(10-18)15(16-17)14-3-2-8-19-14/h2-10H,1H3. The lowest BCUT2D eigenvalue weighted by Gasteiger charge is -2.00. The van der Waals surface area contributed by atoms with E-state index in [-0.39, 0.29) is 0 Å². The second kappa shape index (κ2) is 4.82. The van der Waals surface area contributed by atoms with Gasteiger partial charge in [-0.3, -0.25) is 4.79 Å². The van der Waals surface area contributed by atoms with Crippen LogP contribution in [0.15, 0.2) is 48.0 Å². The molecule has 19 heavy (non-hydrogen) atoms. The quantitative estimate of drug-likeness (QED) is 0.678. The van der Waals surface area contributed by atoms with E-state index in [2.05, 4.69) is 5.10 Å². The molecule has 3 nitrogen and oxygen atoms in total. The van der Waals surface area contributed by atoms with Crippen molar-refractivity contribution < 1.29 is 4.79 Å². The fourth-order valence-corrected chi connectivity index (χ4v) is 2.64. The van der Waals surface area contributed by atoms with Crippen molar-refractivity contribution in [3.05, 3.63) is 59.1 Å². The van der Waals surface area contributed by atoms with Crippen LogP contribution in [-0.4, -0.2) is 16.1 Å². The van der Waals surface area contributed by atoms with Gasteiger partial charge in [0, 0.05) is 6.20 Å². The highest BCUT2D eigenvalue weighted by atomic mass is 32.1. The first-order valence-electron chi connectivity index (χ1n) is 5.94. The second-order valence-electron chi connectivity index (χ2n) is 4.31. The number of benzene rings is 1. The minimum atomic E-state index is 0.614. The van der Waals surface area contributed by atoms with Crippen molar-refractivity contribution in [1.29, 1.82) is 0 Å². The molecule has 0 aliphatic heterocycles. The Balaban J connectivity index is 2.09. The molecule has 3 rings (SSSR count). The smallest absolute Gasteiger partial charge is 0.153 e. The molecule has 0 spiro atoms. The van der Waals surface area contributed by atoms with Crippen LogP contribution in [0.2, 0.25) is 0 Å². The summed E-state index contributed by atoms with van der Waals surface area (Å²) in [5.41, 5.74) is 3.51. The summed E-state index contributed by atoms with van der Waals surface area (Å²) in [5.74, 6) is 0. The Hall–Kier alpha value is -2.20. The monoisotopic (exact) mass is 268 g/mol. The molecule has 0 aliphatic carbocycles. The zero-order valence-electron chi connectivity index (χ0n) is 10.4. The Labute approximate surface area is 115 Å². The van der Waals surface area contributed by atoms with Gasteiger partial charge in [-0.2, -0.15) is 5.10 Å². The lowest BCUT2D eigenvalue weighted by molar-refractivity contribution is 0.112. The summed E-state index contributed by atoms with van der Waals surface area (Å²) in [4.78, 5) is 12.2. The van der Waals surface area contributed by atoms with Crippen molar-refractivity contribution in [3.8, 4) is 16.3 Å². The van der Waals surface area contributed by atoms with Crippen LogP contribution in [0, 0.1) is 6.92 Å². The molecular formula is C15H12N2OS. The van der Waals surface area contributed by atoms with Crippen LogP contribution in [0.1, 0.15) is 15.9 Å². The number of hydrogen-bond donors (Lipinski definition) is 0. The van der Waals surface area contributed by atoms with Crippen LogP contribution in [0.3, 0.4) is 0 Å². The molecule has 0 fully saturated rings. The minimum absolute atomic E-state index is 0.614. The number of thiophene rings is 1. The van der Waals surface area contributed by atoms with Crippen molar-refractivity contribution in [2.75, 3.05) is 0 Å². The van der Waals surface area contributed by atoms with Gasteiger partial charge in [-0.25, -0.2) is 4.68 Å². The number of carbonyl (C=O) groups excluding carboxylic acids is 1. The van der Waals surface area contributed by atoms with E-state index in [1.807, 2.05) is 48.7 Å². The third kappa shape index (κ3) is 2.22. The molecular weight excluding hydrogens is 256 g/mol. The highest BCUT2D eigenvalue weighted by Gasteiger charge is 2.12. The first-order valence-corrected chi connectivity index (χ1v) is 6.81. The Bertz CT molecular complexity index is 696. The molecule has 0 saturated carbocycles. The van der Waals surface area contributed by atoms with Crippen LogP contribution in [0.25, 0.3) is 16.3 Å². The molecule has 0 radical (unpaired) electrons. The zero-order valence-corrected chi connectivity index (χ0v) is 11.2. The van der Waals surface area contributed by atoms with Gasteiger partial charge in [-0.15, -0.1) is 11.3 Å². The third-order valence-corrected chi connectivity index (χ3v) is 3.80. The molecule has 1 aromatic carbocycles. The molecule has 3 aromatic rings. The average Bonchev–Trinajstić information content (AvgIpc) is 3.08. The summed E-state index contributed by atoms with van der Waals surface area (Å²) in [6.07, 6.45) is 2.62. The van der Waals surface area contributed by atoms with Crippen molar-refractivity contribution in [2.24, 2.45) is 0 Å². The first kappa shape index (κ1) is 11.9. The number of aldehydes is 1. The summed E-state index contributed by atoms with van der Waals surface area (Å²) in [5, 5.41) is 6.50. The maximum absolute atomic E-state index is 11.2. The predicted octanol–water partition coefficient (Wildman–Crippen LogP) is 3.72. The fourth-order valence-electron chi connectivity index (χ4n) is 1.91. The summed E-state index contributed by atoms with van der Waals surface area (Å²) in [7, 11) is 0. The molecule has 0 atom stereocenters. The van der Waals surface area contributed by atoms with Gasteiger partial charge in [0.25, 0.3) is 0 Å². The molecule has 2 aromatic heterocycles. The molecule has 4 heteroatoms. The minimum Gasteiger partial charge on any atom is -0.298 e. The van der Waals surface area contributed by atoms with E-state index < -0.39 is 0 Å². The third-order valence-electron chi connectivity index (χ3n) is 2.92. The lowest BCUT2D eigenvalue weighted by Crippen LogP contribution is -1.94. The van der Waals surface area contributed by atoms with E-state index in [1.54, 1.807) is 22.2 Å². The summed E-state index contributed by atoms with van der Waals surface area (Å²) < 4.78 is 1.75. The van der Waals surface area contributed by atoms with Gasteiger partial charge < -0.3 is 0 Å². The van der Waals surface area contributed by atoms with E-state index in [4.69, 9.17) is 0 Å². The van der Waals surface area contributed by atoms with E-state index in [9.17, 15) is 4.79 Å². The van der Waals surface area contributed by atoms with Crippen LogP contribution in [0.4, 0.5) is 0 Å². The van der Waals surface area contributed by atoms with Crippen LogP contribution in [-0.2, 0) is 0 Å². The Morgan fingerprint density at radius 1 is 1.21 bits per heavy atom. The number of hydrogen-bond acceptors (Lipinski definition) is 3.